The van der Waals surface area contributed by atoms with E-state index in [4.69, 9.17) is 9.47 Å². The summed E-state index contributed by atoms with van der Waals surface area (Å²) in [5.74, 6) is 0.854. The van der Waals surface area contributed by atoms with E-state index in [0.717, 1.165) is 57.1 Å². The minimum atomic E-state index is -3.40. The number of guanidine groups is 1. The molecule has 1 saturated heterocycles. The zero-order valence-electron chi connectivity index (χ0n) is 18.3. The van der Waals surface area contributed by atoms with E-state index in [1.807, 2.05) is 12.1 Å². The number of halogens is 1. The van der Waals surface area contributed by atoms with E-state index in [0.29, 0.717) is 17.5 Å². The van der Waals surface area contributed by atoms with Gasteiger partial charge in [0.05, 0.1) is 11.0 Å². The maximum atomic E-state index is 12.2. The molecule has 2 rings (SSSR count). The lowest BCUT2D eigenvalue weighted by Gasteiger charge is -2.34. The number of hydrogen-bond acceptors (Lipinski definition) is 5. The Morgan fingerprint density at radius 1 is 1.20 bits per heavy atom. The number of rotatable bonds is 9. The van der Waals surface area contributed by atoms with Crippen LogP contribution in [0.4, 0.5) is 0 Å². The summed E-state index contributed by atoms with van der Waals surface area (Å²) in [5, 5.41) is 3.37. The molecule has 8 nitrogen and oxygen atoms in total. The monoisotopic (exact) mass is 554 g/mol. The quantitative estimate of drug-likeness (QED) is 0.218. The van der Waals surface area contributed by atoms with Crippen molar-refractivity contribution < 1.29 is 17.9 Å². The Kier molecular flexibility index (Phi) is 12.2. The summed E-state index contributed by atoms with van der Waals surface area (Å²) in [5.41, 5.74) is 1.00. The van der Waals surface area contributed by atoms with Gasteiger partial charge in [0, 0.05) is 61.1 Å². The summed E-state index contributed by atoms with van der Waals surface area (Å²) >= 11 is 0. The van der Waals surface area contributed by atoms with Crippen LogP contribution in [0, 0.1) is 0 Å². The molecule has 1 fully saturated rings. The zero-order chi connectivity index (χ0) is 21.3. The lowest BCUT2D eigenvalue weighted by Crippen LogP contribution is -2.46. The number of aliphatic imine (C=N–C) groups is 1. The summed E-state index contributed by atoms with van der Waals surface area (Å²) in [7, 11) is 3.15. The lowest BCUT2D eigenvalue weighted by atomic mass is 10.1. The minimum absolute atomic E-state index is 0. The number of sulfonamides is 1. The number of nitrogens with one attached hydrogen (secondary N) is 1. The maximum Gasteiger partial charge on any atom is 0.242 e. The van der Waals surface area contributed by atoms with Gasteiger partial charge < -0.3 is 19.7 Å². The summed E-state index contributed by atoms with van der Waals surface area (Å²) in [6, 6.07) is 6.94. The van der Waals surface area contributed by atoms with Gasteiger partial charge in [-0.25, -0.2) is 12.7 Å². The van der Waals surface area contributed by atoms with E-state index in [-0.39, 0.29) is 24.0 Å². The number of hydrogen-bond donors (Lipinski definition) is 1. The van der Waals surface area contributed by atoms with Gasteiger partial charge in [0.2, 0.25) is 10.0 Å². The van der Waals surface area contributed by atoms with Crippen molar-refractivity contribution in [2.75, 3.05) is 54.6 Å². The molecule has 0 spiro atoms. The van der Waals surface area contributed by atoms with Gasteiger partial charge in [0.15, 0.2) is 5.96 Å². The van der Waals surface area contributed by atoms with E-state index >= 15 is 0 Å². The first-order valence-corrected chi connectivity index (χ1v) is 11.4. The molecule has 0 amide bonds. The van der Waals surface area contributed by atoms with Crippen molar-refractivity contribution in [3.63, 3.8) is 0 Å². The van der Waals surface area contributed by atoms with Gasteiger partial charge in [-0.1, -0.05) is 12.1 Å². The van der Waals surface area contributed by atoms with Crippen molar-refractivity contribution in [3.05, 3.63) is 29.8 Å². The predicted octanol–water partition coefficient (Wildman–Crippen LogP) is 2.15. The molecule has 1 N–H and O–H groups in total. The van der Waals surface area contributed by atoms with Crippen LogP contribution in [0.5, 0.6) is 0 Å². The second-order valence-corrected chi connectivity index (χ2v) is 9.39. The number of ether oxygens (including phenoxy) is 2. The molecule has 0 aromatic heterocycles. The molecule has 0 saturated carbocycles. The number of nitrogens with zero attached hydrogens (tertiary/aromatic N) is 3. The Hall–Kier alpha value is -0.950. The zero-order valence-corrected chi connectivity index (χ0v) is 21.5. The Balaban J connectivity index is 0.00000450. The third-order valence-corrected chi connectivity index (χ3v) is 6.78. The molecule has 0 bridgehead atoms. The summed E-state index contributed by atoms with van der Waals surface area (Å²) in [4.78, 5) is 6.92. The van der Waals surface area contributed by atoms with Crippen molar-refractivity contribution in [2.45, 2.75) is 36.8 Å². The normalized spacial score (nSPS) is 15.9. The van der Waals surface area contributed by atoms with Crippen molar-refractivity contribution in [1.29, 1.82) is 0 Å². The number of methoxy groups -OCH3 is 1. The fraction of sp³-hybridized carbons (Fsp3) is 0.650. The summed E-state index contributed by atoms with van der Waals surface area (Å²) in [6.07, 6.45) is 3.18. The summed E-state index contributed by atoms with van der Waals surface area (Å²) < 4.78 is 36.5. The van der Waals surface area contributed by atoms with Gasteiger partial charge in [-0.15, -0.1) is 24.0 Å². The smallest absolute Gasteiger partial charge is 0.242 e. The highest BCUT2D eigenvalue weighted by atomic mass is 127. The second kappa shape index (κ2) is 13.5. The van der Waals surface area contributed by atoms with Gasteiger partial charge in [-0.05, 0) is 37.0 Å². The average Bonchev–Trinajstić information content (AvgIpc) is 2.73. The minimum Gasteiger partial charge on any atom is -0.385 e. The van der Waals surface area contributed by atoms with E-state index < -0.39 is 10.0 Å². The first kappa shape index (κ1) is 27.1. The van der Waals surface area contributed by atoms with E-state index in [2.05, 4.69) is 15.2 Å². The van der Waals surface area contributed by atoms with Crippen LogP contribution in [0.3, 0.4) is 0 Å². The van der Waals surface area contributed by atoms with Crippen molar-refractivity contribution >= 4 is 40.0 Å². The number of benzene rings is 1. The van der Waals surface area contributed by atoms with Crippen LogP contribution in [0.15, 0.2) is 34.2 Å². The Morgan fingerprint density at radius 2 is 1.83 bits per heavy atom. The first-order valence-electron chi connectivity index (χ1n) is 9.96. The highest BCUT2D eigenvalue weighted by Gasteiger charge is 2.22. The van der Waals surface area contributed by atoms with Crippen LogP contribution in [0.1, 0.15) is 24.8 Å². The van der Waals surface area contributed by atoms with Crippen LogP contribution in [-0.4, -0.2) is 84.2 Å². The van der Waals surface area contributed by atoms with E-state index in [9.17, 15) is 8.42 Å². The fourth-order valence-corrected chi connectivity index (χ4v) is 4.09. The maximum absolute atomic E-state index is 12.2. The number of piperidine rings is 1. The fourth-order valence-electron chi connectivity index (χ4n) is 3.19. The SMILES string of the molecule is CN=C(NCc1ccc(S(=O)(=O)N(C)C)cc1)N1CCC(OCCCOC)CC1.I. The molecular weight excluding hydrogens is 519 g/mol. The van der Waals surface area contributed by atoms with Crippen molar-refractivity contribution in [1.82, 2.24) is 14.5 Å². The highest BCUT2D eigenvalue weighted by Crippen LogP contribution is 2.16. The Labute approximate surface area is 198 Å². The molecule has 10 heteroatoms. The topological polar surface area (TPSA) is 83.5 Å². The Morgan fingerprint density at radius 3 is 2.37 bits per heavy atom. The molecule has 1 aliphatic heterocycles. The molecule has 0 aliphatic carbocycles. The van der Waals surface area contributed by atoms with Crippen LogP contribution < -0.4 is 5.32 Å². The van der Waals surface area contributed by atoms with Crippen LogP contribution >= 0.6 is 24.0 Å². The molecule has 0 unspecified atom stereocenters. The van der Waals surface area contributed by atoms with Gasteiger partial charge in [0.1, 0.15) is 0 Å². The molecule has 1 aromatic carbocycles. The molecule has 1 aromatic rings. The first-order chi connectivity index (χ1) is 13.9. The van der Waals surface area contributed by atoms with Crippen molar-refractivity contribution in [3.8, 4) is 0 Å². The molecule has 30 heavy (non-hydrogen) atoms. The number of likely N-dealkylation sites (tertiary alicyclic amines) is 1. The second-order valence-electron chi connectivity index (χ2n) is 7.24. The van der Waals surface area contributed by atoms with Crippen LogP contribution in [0.2, 0.25) is 0 Å². The van der Waals surface area contributed by atoms with E-state index in [1.54, 1.807) is 26.3 Å². The van der Waals surface area contributed by atoms with Crippen LogP contribution in [0.25, 0.3) is 0 Å². The standard InChI is InChI=1S/C20H34N4O4S.HI/c1-21-20(24-12-10-18(11-13-24)28-15-5-14-27-4)22-16-17-6-8-19(9-7-17)29(25,26)23(2)3;/h6-9,18H,5,10-16H2,1-4H3,(H,21,22);1H. The molecule has 1 aliphatic rings. The van der Waals surface area contributed by atoms with Crippen molar-refractivity contribution in [2.24, 2.45) is 4.99 Å². The van der Waals surface area contributed by atoms with Gasteiger partial charge in [-0.2, -0.15) is 0 Å². The van der Waals surface area contributed by atoms with Gasteiger partial charge in [-0.3, -0.25) is 4.99 Å². The highest BCUT2D eigenvalue weighted by molar-refractivity contribution is 14.0. The van der Waals surface area contributed by atoms with Gasteiger partial charge >= 0.3 is 0 Å². The molecular formula is C20H35IN4O4S. The summed E-state index contributed by atoms with van der Waals surface area (Å²) in [6.45, 7) is 3.86. The molecule has 172 valence electrons. The van der Waals surface area contributed by atoms with E-state index in [1.165, 1.54) is 18.4 Å². The third-order valence-electron chi connectivity index (χ3n) is 4.95. The molecule has 0 atom stereocenters. The predicted molar refractivity (Wildman–Crippen MR) is 130 cm³/mol. The largest absolute Gasteiger partial charge is 0.385 e. The lowest BCUT2D eigenvalue weighted by molar-refractivity contribution is 0.00989. The Bertz CT molecular complexity index is 749. The van der Waals surface area contributed by atoms with Gasteiger partial charge in [0.25, 0.3) is 0 Å². The van der Waals surface area contributed by atoms with Crippen LogP contribution in [-0.2, 0) is 26.0 Å². The molecule has 1 heterocycles. The molecule has 0 radical (unpaired) electrons. The third kappa shape index (κ3) is 7.95. The average molecular weight is 554 g/mol.